The molecule has 4 rings (SSSR count). The van der Waals surface area contributed by atoms with Gasteiger partial charge in [-0.25, -0.2) is 4.79 Å². The monoisotopic (exact) mass is 429 g/mol. The number of rotatable bonds is 2. The number of halogens is 3. The molecule has 0 bridgehead atoms. The molecule has 0 spiro atoms. The largest absolute Gasteiger partial charge is 0.416 e. The van der Waals surface area contributed by atoms with E-state index < -0.39 is 17.8 Å². The van der Waals surface area contributed by atoms with E-state index in [-0.39, 0.29) is 5.69 Å². The number of hydrogen-bond acceptors (Lipinski definition) is 3. The van der Waals surface area contributed by atoms with Crippen molar-refractivity contribution in [3.8, 4) is 0 Å². The van der Waals surface area contributed by atoms with Crippen molar-refractivity contribution in [2.45, 2.75) is 16.0 Å². The number of alkyl halides is 3. The van der Waals surface area contributed by atoms with Gasteiger partial charge in [-0.05, 0) is 48.5 Å². The Morgan fingerprint density at radius 1 is 0.933 bits per heavy atom. The first-order chi connectivity index (χ1) is 14.2. The predicted octanol–water partition coefficient (Wildman–Crippen LogP) is 6.61. The fourth-order valence-electron chi connectivity index (χ4n) is 3.19. The first-order valence-electron chi connectivity index (χ1n) is 9.10. The lowest BCUT2D eigenvalue weighted by Gasteiger charge is -2.31. The lowest BCUT2D eigenvalue weighted by molar-refractivity contribution is -0.137. The van der Waals surface area contributed by atoms with Gasteiger partial charge in [-0.1, -0.05) is 30.0 Å². The predicted molar refractivity (Wildman–Crippen MR) is 114 cm³/mol. The molecule has 0 radical (unpaired) electrons. The summed E-state index contributed by atoms with van der Waals surface area (Å²) in [6.45, 7) is 0. The molecule has 8 heteroatoms. The number of carbonyl (C=O) groups excluding carboxylic acids is 1. The maximum atomic E-state index is 13.3. The number of para-hydroxylation sites is 1. The number of benzene rings is 3. The van der Waals surface area contributed by atoms with Gasteiger partial charge in [-0.2, -0.15) is 13.2 Å². The van der Waals surface area contributed by atoms with E-state index >= 15 is 0 Å². The molecule has 1 heterocycles. The Morgan fingerprint density at radius 3 is 2.40 bits per heavy atom. The summed E-state index contributed by atoms with van der Waals surface area (Å²) in [5.41, 5.74) is 1.39. The molecule has 3 aromatic rings. The van der Waals surface area contributed by atoms with Crippen LogP contribution in [0.5, 0.6) is 0 Å². The van der Waals surface area contributed by atoms with Gasteiger partial charge in [-0.3, -0.25) is 4.90 Å². The Balaban J connectivity index is 1.76. The summed E-state index contributed by atoms with van der Waals surface area (Å²) in [6.07, 6.45) is -4.50. The van der Waals surface area contributed by atoms with Crippen LogP contribution in [0.3, 0.4) is 0 Å². The van der Waals surface area contributed by atoms with E-state index in [0.717, 1.165) is 22.7 Å². The highest BCUT2D eigenvalue weighted by molar-refractivity contribution is 7.99. The van der Waals surface area contributed by atoms with Crippen LogP contribution >= 0.6 is 11.8 Å². The first-order valence-corrected chi connectivity index (χ1v) is 9.92. The van der Waals surface area contributed by atoms with Crippen LogP contribution in [-0.4, -0.2) is 20.1 Å². The van der Waals surface area contributed by atoms with Crippen LogP contribution in [0.15, 0.2) is 76.5 Å². The maximum absolute atomic E-state index is 13.3. The van der Waals surface area contributed by atoms with E-state index in [1.807, 2.05) is 37.2 Å². The van der Waals surface area contributed by atoms with Crippen molar-refractivity contribution in [2.75, 3.05) is 29.2 Å². The van der Waals surface area contributed by atoms with Crippen molar-refractivity contribution in [3.63, 3.8) is 0 Å². The van der Waals surface area contributed by atoms with Gasteiger partial charge in [0.05, 0.1) is 16.9 Å². The molecule has 4 nitrogen and oxygen atoms in total. The second-order valence-corrected chi connectivity index (χ2v) is 8.04. The van der Waals surface area contributed by atoms with Crippen LogP contribution in [0, 0.1) is 0 Å². The standard InChI is InChI=1S/C22H18F3N3OS/c1-27(2)16-7-5-6-15(13-16)26-21(29)28-17-8-3-4-9-19(17)30-20-11-10-14(12-18(20)28)22(23,24)25/h3-13H,1-2H3,(H,26,29). The summed E-state index contributed by atoms with van der Waals surface area (Å²) >= 11 is 1.34. The molecule has 0 unspecified atom stereocenters. The fourth-order valence-corrected chi connectivity index (χ4v) is 4.23. The molecule has 1 aliphatic heterocycles. The number of urea groups is 1. The molecule has 1 N–H and O–H groups in total. The smallest absolute Gasteiger partial charge is 0.378 e. The summed E-state index contributed by atoms with van der Waals surface area (Å²) < 4.78 is 40.0. The maximum Gasteiger partial charge on any atom is 0.416 e. The minimum absolute atomic E-state index is 0.204. The minimum atomic E-state index is -4.50. The summed E-state index contributed by atoms with van der Waals surface area (Å²) in [6, 6.07) is 17.3. The van der Waals surface area contributed by atoms with Gasteiger partial charge < -0.3 is 10.2 Å². The van der Waals surface area contributed by atoms with E-state index in [2.05, 4.69) is 5.32 Å². The van der Waals surface area contributed by atoms with Crippen molar-refractivity contribution in [1.82, 2.24) is 0 Å². The minimum Gasteiger partial charge on any atom is -0.378 e. The van der Waals surface area contributed by atoms with Crippen LogP contribution in [0.25, 0.3) is 0 Å². The second kappa shape index (κ2) is 7.60. The normalized spacial score (nSPS) is 12.8. The third kappa shape index (κ3) is 3.82. The summed E-state index contributed by atoms with van der Waals surface area (Å²) in [4.78, 5) is 17.8. The first kappa shape index (κ1) is 20.2. The van der Waals surface area contributed by atoms with E-state index in [9.17, 15) is 18.0 Å². The average Bonchev–Trinajstić information content (AvgIpc) is 2.71. The van der Waals surface area contributed by atoms with Gasteiger partial charge in [0.2, 0.25) is 0 Å². The Labute approximate surface area is 176 Å². The van der Waals surface area contributed by atoms with Crippen molar-refractivity contribution in [3.05, 3.63) is 72.3 Å². The van der Waals surface area contributed by atoms with E-state index in [4.69, 9.17) is 0 Å². The molecule has 0 fully saturated rings. The van der Waals surface area contributed by atoms with Crippen molar-refractivity contribution >= 4 is 40.5 Å². The number of nitrogens with one attached hydrogen (secondary N) is 1. The number of amides is 2. The molecule has 3 aromatic carbocycles. The van der Waals surface area contributed by atoms with Gasteiger partial charge in [0.1, 0.15) is 0 Å². The number of anilines is 4. The van der Waals surface area contributed by atoms with Gasteiger partial charge in [0, 0.05) is 35.3 Å². The van der Waals surface area contributed by atoms with Crippen LogP contribution in [-0.2, 0) is 6.18 Å². The molecule has 2 amide bonds. The number of fused-ring (bicyclic) bond motifs is 2. The quantitative estimate of drug-likeness (QED) is 0.498. The molecule has 154 valence electrons. The van der Waals surface area contributed by atoms with Gasteiger partial charge in [-0.15, -0.1) is 0 Å². The summed E-state index contributed by atoms with van der Waals surface area (Å²) in [5.74, 6) is 0. The molecule has 1 aliphatic rings. The average molecular weight is 429 g/mol. The molecular weight excluding hydrogens is 411 g/mol. The summed E-state index contributed by atoms with van der Waals surface area (Å²) in [7, 11) is 3.77. The molecule has 0 atom stereocenters. The Morgan fingerprint density at radius 2 is 1.67 bits per heavy atom. The van der Waals surface area contributed by atoms with Crippen molar-refractivity contribution in [1.29, 1.82) is 0 Å². The Kier molecular flexibility index (Phi) is 5.11. The SMILES string of the molecule is CN(C)c1cccc(NC(=O)N2c3ccccc3Sc3ccc(C(F)(F)F)cc32)c1. The van der Waals surface area contributed by atoms with E-state index in [1.54, 1.807) is 30.3 Å². The van der Waals surface area contributed by atoms with Gasteiger partial charge >= 0.3 is 12.2 Å². The second-order valence-electron chi connectivity index (χ2n) is 6.96. The highest BCUT2D eigenvalue weighted by Crippen LogP contribution is 2.49. The molecule has 0 aliphatic carbocycles. The molecule has 0 saturated heterocycles. The number of carbonyl (C=O) groups is 1. The van der Waals surface area contributed by atoms with Gasteiger partial charge in [0.15, 0.2) is 0 Å². The van der Waals surface area contributed by atoms with Crippen LogP contribution < -0.4 is 15.1 Å². The third-order valence-electron chi connectivity index (χ3n) is 4.67. The Bertz CT molecular complexity index is 1110. The zero-order valence-electron chi connectivity index (χ0n) is 16.2. The molecule has 0 aromatic heterocycles. The molecule has 30 heavy (non-hydrogen) atoms. The lowest BCUT2D eigenvalue weighted by Crippen LogP contribution is -2.33. The highest BCUT2D eigenvalue weighted by atomic mass is 32.2. The van der Waals surface area contributed by atoms with E-state index in [0.29, 0.717) is 16.3 Å². The van der Waals surface area contributed by atoms with E-state index in [1.165, 1.54) is 22.7 Å². The fraction of sp³-hybridized carbons (Fsp3) is 0.136. The van der Waals surface area contributed by atoms with Crippen molar-refractivity contribution in [2.24, 2.45) is 0 Å². The van der Waals surface area contributed by atoms with Crippen LogP contribution in [0.4, 0.5) is 40.7 Å². The topological polar surface area (TPSA) is 35.6 Å². The molecule has 0 saturated carbocycles. The molecular formula is C22H18F3N3OS. The van der Waals surface area contributed by atoms with Crippen LogP contribution in [0.1, 0.15) is 5.56 Å². The van der Waals surface area contributed by atoms with Crippen LogP contribution in [0.2, 0.25) is 0 Å². The highest BCUT2D eigenvalue weighted by Gasteiger charge is 2.35. The van der Waals surface area contributed by atoms with Crippen molar-refractivity contribution < 1.29 is 18.0 Å². The third-order valence-corrected chi connectivity index (χ3v) is 5.80. The number of hydrogen-bond donors (Lipinski definition) is 1. The number of nitrogens with zero attached hydrogens (tertiary/aromatic N) is 2. The zero-order valence-corrected chi connectivity index (χ0v) is 17.0. The van der Waals surface area contributed by atoms with Gasteiger partial charge in [0.25, 0.3) is 0 Å². The zero-order chi connectivity index (χ0) is 21.5. The summed E-state index contributed by atoms with van der Waals surface area (Å²) in [5, 5.41) is 2.82. The Hall–Kier alpha value is -3.13. The lowest BCUT2D eigenvalue weighted by atomic mass is 10.1.